The summed E-state index contributed by atoms with van der Waals surface area (Å²) >= 11 is 0. The van der Waals surface area contributed by atoms with E-state index < -0.39 is 5.82 Å². The van der Waals surface area contributed by atoms with Crippen molar-refractivity contribution < 1.29 is 4.39 Å². The van der Waals surface area contributed by atoms with Crippen LogP contribution in [0.15, 0.2) is 54.7 Å². The zero-order chi connectivity index (χ0) is 16.2. The van der Waals surface area contributed by atoms with Gasteiger partial charge >= 0.3 is 0 Å². The van der Waals surface area contributed by atoms with E-state index in [-0.39, 0.29) is 5.56 Å². The number of rotatable bonds is 4. The van der Waals surface area contributed by atoms with Gasteiger partial charge in [-0.3, -0.25) is 0 Å². The van der Waals surface area contributed by atoms with Gasteiger partial charge in [0.25, 0.3) is 0 Å². The monoisotopic (exact) mass is 306 g/mol. The summed E-state index contributed by atoms with van der Waals surface area (Å²) < 4.78 is 15.5. The number of anilines is 1. The van der Waals surface area contributed by atoms with Crippen molar-refractivity contribution in [3.05, 3.63) is 77.4 Å². The minimum absolute atomic E-state index is 0.0277. The molecule has 0 aliphatic carbocycles. The van der Waals surface area contributed by atoms with Crippen LogP contribution in [-0.4, -0.2) is 9.78 Å². The fourth-order valence-electron chi connectivity index (χ4n) is 2.41. The van der Waals surface area contributed by atoms with Crippen LogP contribution in [0.5, 0.6) is 0 Å². The highest BCUT2D eigenvalue weighted by atomic mass is 19.1. The number of para-hydroxylation sites is 1. The molecule has 114 valence electrons. The number of halogens is 1. The fourth-order valence-corrected chi connectivity index (χ4v) is 2.41. The quantitative estimate of drug-likeness (QED) is 0.797. The summed E-state index contributed by atoms with van der Waals surface area (Å²) in [7, 11) is 0. The van der Waals surface area contributed by atoms with E-state index >= 15 is 0 Å². The topological polar surface area (TPSA) is 53.6 Å². The molecule has 1 aromatic heterocycles. The van der Waals surface area contributed by atoms with Crippen molar-refractivity contribution >= 4 is 5.69 Å². The maximum absolute atomic E-state index is 13.6. The third-order valence-corrected chi connectivity index (χ3v) is 3.56. The van der Waals surface area contributed by atoms with Crippen molar-refractivity contribution in [1.29, 1.82) is 5.26 Å². The van der Waals surface area contributed by atoms with Gasteiger partial charge in [0.2, 0.25) is 0 Å². The molecule has 0 atom stereocenters. The smallest absolute Gasteiger partial charge is 0.143 e. The zero-order valence-electron chi connectivity index (χ0n) is 12.6. The molecule has 0 unspecified atom stereocenters. The molecule has 4 nitrogen and oxygen atoms in total. The van der Waals surface area contributed by atoms with Gasteiger partial charge in [0, 0.05) is 12.7 Å². The Kier molecular flexibility index (Phi) is 4.07. The molecule has 1 heterocycles. The second-order valence-corrected chi connectivity index (χ2v) is 5.16. The zero-order valence-corrected chi connectivity index (χ0v) is 12.6. The number of aromatic nitrogens is 2. The van der Waals surface area contributed by atoms with Crippen molar-refractivity contribution in [2.45, 2.75) is 13.5 Å². The molecule has 1 N–H and O–H groups in total. The van der Waals surface area contributed by atoms with Crippen LogP contribution in [0.2, 0.25) is 0 Å². The summed E-state index contributed by atoms with van der Waals surface area (Å²) in [6.45, 7) is 2.40. The molecule has 0 fully saturated rings. The second-order valence-electron chi connectivity index (χ2n) is 5.16. The molecule has 0 radical (unpaired) electrons. The van der Waals surface area contributed by atoms with Crippen LogP contribution in [0.25, 0.3) is 5.69 Å². The number of nitrogens with zero attached hydrogens (tertiary/aromatic N) is 3. The Bertz CT molecular complexity index is 877. The molecule has 0 bridgehead atoms. The lowest BCUT2D eigenvalue weighted by Crippen LogP contribution is -2.07. The number of benzene rings is 2. The highest BCUT2D eigenvalue weighted by molar-refractivity contribution is 5.58. The van der Waals surface area contributed by atoms with E-state index in [0.29, 0.717) is 12.2 Å². The van der Waals surface area contributed by atoms with Crippen molar-refractivity contribution in [2.75, 3.05) is 5.32 Å². The first-order valence-corrected chi connectivity index (χ1v) is 7.22. The largest absolute Gasteiger partial charge is 0.380 e. The Hall–Kier alpha value is -3.13. The molecule has 23 heavy (non-hydrogen) atoms. The summed E-state index contributed by atoms with van der Waals surface area (Å²) in [6.07, 6.45) is 1.90. The molecular weight excluding hydrogens is 291 g/mol. The summed E-state index contributed by atoms with van der Waals surface area (Å²) in [5.41, 5.74) is 3.40. The third-order valence-electron chi connectivity index (χ3n) is 3.56. The van der Waals surface area contributed by atoms with Crippen molar-refractivity contribution in [3.63, 3.8) is 0 Å². The van der Waals surface area contributed by atoms with E-state index in [4.69, 9.17) is 5.26 Å². The van der Waals surface area contributed by atoms with Crippen LogP contribution >= 0.6 is 0 Å². The maximum Gasteiger partial charge on any atom is 0.143 e. The number of nitriles is 1. The average molecular weight is 306 g/mol. The molecule has 0 aliphatic heterocycles. The van der Waals surface area contributed by atoms with Crippen LogP contribution in [0.4, 0.5) is 10.1 Å². The van der Waals surface area contributed by atoms with Crippen molar-refractivity contribution in [3.8, 4) is 11.8 Å². The van der Waals surface area contributed by atoms with Gasteiger partial charge in [0.15, 0.2) is 0 Å². The van der Waals surface area contributed by atoms with E-state index in [1.54, 1.807) is 12.1 Å². The van der Waals surface area contributed by atoms with E-state index in [2.05, 4.69) is 10.4 Å². The molecule has 2 aromatic carbocycles. The fraction of sp³-hybridized carbons (Fsp3) is 0.111. The van der Waals surface area contributed by atoms with Gasteiger partial charge in [-0.25, -0.2) is 9.07 Å². The molecule has 0 saturated carbocycles. The molecule has 0 amide bonds. The summed E-state index contributed by atoms with van der Waals surface area (Å²) in [5.74, 6) is -0.520. The van der Waals surface area contributed by atoms with Crippen molar-refractivity contribution in [1.82, 2.24) is 9.78 Å². The molecule has 0 saturated heterocycles. The molecule has 5 heteroatoms. The molecule has 0 aliphatic rings. The Morgan fingerprint density at radius 2 is 2.00 bits per heavy atom. The predicted octanol–water partition coefficient (Wildman–Crippen LogP) is 3.80. The third kappa shape index (κ3) is 3.06. The van der Waals surface area contributed by atoms with Crippen LogP contribution in [0.1, 0.15) is 16.8 Å². The van der Waals surface area contributed by atoms with Crippen molar-refractivity contribution in [2.24, 2.45) is 0 Å². The summed E-state index contributed by atoms with van der Waals surface area (Å²) in [4.78, 5) is 0. The molecule has 3 rings (SSSR count). The Labute approximate surface area is 133 Å². The summed E-state index contributed by atoms with van der Waals surface area (Å²) in [5, 5.41) is 16.6. The van der Waals surface area contributed by atoms with Gasteiger partial charge < -0.3 is 5.32 Å². The predicted molar refractivity (Wildman–Crippen MR) is 86.7 cm³/mol. The average Bonchev–Trinajstić information content (AvgIpc) is 2.99. The lowest BCUT2D eigenvalue weighted by Gasteiger charge is -2.12. The first-order chi connectivity index (χ1) is 11.2. The Morgan fingerprint density at radius 3 is 2.74 bits per heavy atom. The minimum Gasteiger partial charge on any atom is -0.380 e. The Morgan fingerprint density at radius 1 is 1.17 bits per heavy atom. The second kappa shape index (κ2) is 6.32. The molecule has 3 aromatic rings. The van der Waals surface area contributed by atoms with E-state index in [9.17, 15) is 4.39 Å². The lowest BCUT2D eigenvalue weighted by atomic mass is 10.1. The van der Waals surface area contributed by atoms with Crippen LogP contribution in [-0.2, 0) is 6.54 Å². The Balaban J connectivity index is 1.88. The summed E-state index contributed by atoms with van der Waals surface area (Å²) in [6, 6.07) is 16.2. The van der Waals surface area contributed by atoms with Gasteiger partial charge in [-0.2, -0.15) is 10.4 Å². The van der Waals surface area contributed by atoms with Crippen LogP contribution in [0.3, 0.4) is 0 Å². The van der Waals surface area contributed by atoms with Gasteiger partial charge in [0.1, 0.15) is 17.4 Å². The highest BCUT2D eigenvalue weighted by Gasteiger charge is 2.09. The SMILES string of the molecule is Cc1ccn(-c2ccccc2CNc2cccc(F)c2C#N)n1. The van der Waals surface area contributed by atoms with Crippen LogP contribution < -0.4 is 5.32 Å². The minimum atomic E-state index is -0.520. The van der Waals surface area contributed by atoms with E-state index in [0.717, 1.165) is 16.9 Å². The normalized spacial score (nSPS) is 10.3. The number of hydrogen-bond donors (Lipinski definition) is 1. The van der Waals surface area contributed by atoms with E-state index in [1.165, 1.54) is 6.07 Å². The standard InChI is InChI=1S/C18H15FN4/c1-13-9-10-23(22-13)18-8-3-2-5-14(18)12-21-17-7-4-6-16(19)15(17)11-20/h2-10,21H,12H2,1H3. The van der Waals surface area contributed by atoms with Crippen LogP contribution in [0, 0.1) is 24.1 Å². The number of hydrogen-bond acceptors (Lipinski definition) is 3. The molecule has 0 spiro atoms. The first kappa shape index (κ1) is 14.8. The highest BCUT2D eigenvalue weighted by Crippen LogP contribution is 2.20. The first-order valence-electron chi connectivity index (χ1n) is 7.22. The maximum atomic E-state index is 13.6. The van der Waals surface area contributed by atoms with Gasteiger partial charge in [-0.15, -0.1) is 0 Å². The van der Waals surface area contributed by atoms with Gasteiger partial charge in [-0.05, 0) is 36.8 Å². The van der Waals surface area contributed by atoms with Gasteiger partial charge in [0.05, 0.1) is 17.1 Å². The number of nitrogens with one attached hydrogen (secondary N) is 1. The lowest BCUT2D eigenvalue weighted by molar-refractivity contribution is 0.624. The molecular formula is C18H15FN4. The number of aryl methyl sites for hydroxylation is 1. The van der Waals surface area contributed by atoms with Gasteiger partial charge in [-0.1, -0.05) is 24.3 Å². The van der Waals surface area contributed by atoms with E-state index in [1.807, 2.05) is 54.2 Å².